The number of anilines is 2. The van der Waals surface area contributed by atoms with Gasteiger partial charge < -0.3 is 10.6 Å². The fourth-order valence-corrected chi connectivity index (χ4v) is 4.08. The summed E-state index contributed by atoms with van der Waals surface area (Å²) in [6.45, 7) is 2.42. The molecule has 2 N–H and O–H groups in total. The lowest BCUT2D eigenvalue weighted by Crippen LogP contribution is -2.32. The van der Waals surface area contributed by atoms with Crippen molar-refractivity contribution in [2.75, 3.05) is 11.9 Å². The fourth-order valence-electron chi connectivity index (χ4n) is 3.06. The minimum atomic E-state index is -4.39. The number of carbonyl (C=O) groups is 1. The standard InChI is InChI=1S/C19H16F3N5OS/c1-18(8-10-24-16(18)28)17-27-26-15(29-17)14-13(3-2-9-23-14)25-12-6-4-11(5-7-12)19(20,21)22/h2-7,9,25H,8,10H2,1H3,(H,24,28). The summed E-state index contributed by atoms with van der Waals surface area (Å²) in [5, 5.41) is 15.4. The summed E-state index contributed by atoms with van der Waals surface area (Å²) in [5.74, 6) is -0.0793. The summed E-state index contributed by atoms with van der Waals surface area (Å²) in [6.07, 6.45) is -2.15. The molecule has 0 spiro atoms. The Balaban J connectivity index is 1.62. The molecule has 0 aliphatic carbocycles. The van der Waals surface area contributed by atoms with Gasteiger partial charge >= 0.3 is 6.18 Å². The van der Waals surface area contributed by atoms with E-state index in [1.165, 1.54) is 23.5 Å². The van der Waals surface area contributed by atoms with Crippen LogP contribution in [0.25, 0.3) is 10.7 Å². The van der Waals surface area contributed by atoms with Crippen LogP contribution in [0.1, 0.15) is 23.9 Å². The minimum absolute atomic E-state index is 0.0793. The molecule has 0 bridgehead atoms. The molecule has 1 aliphatic heterocycles. The average molecular weight is 419 g/mol. The van der Waals surface area contributed by atoms with Gasteiger partial charge in [0.2, 0.25) is 5.91 Å². The van der Waals surface area contributed by atoms with E-state index < -0.39 is 17.2 Å². The zero-order valence-corrected chi connectivity index (χ0v) is 16.1. The topological polar surface area (TPSA) is 79.8 Å². The summed E-state index contributed by atoms with van der Waals surface area (Å²) < 4.78 is 38.2. The number of aromatic nitrogens is 3. The molecule has 1 unspecified atom stereocenters. The highest BCUT2D eigenvalue weighted by Crippen LogP contribution is 2.38. The summed E-state index contributed by atoms with van der Waals surface area (Å²) in [5.41, 5.74) is 0.144. The number of amides is 1. The number of alkyl halides is 3. The minimum Gasteiger partial charge on any atom is -0.355 e. The predicted octanol–water partition coefficient (Wildman–Crippen LogP) is 4.14. The van der Waals surface area contributed by atoms with E-state index in [9.17, 15) is 18.0 Å². The van der Waals surface area contributed by atoms with E-state index >= 15 is 0 Å². The molecule has 4 rings (SSSR count). The third-order valence-electron chi connectivity index (χ3n) is 4.81. The number of hydrogen-bond donors (Lipinski definition) is 2. The molecular weight excluding hydrogens is 403 g/mol. The van der Waals surface area contributed by atoms with Crippen LogP contribution in [0.2, 0.25) is 0 Å². The Kier molecular flexibility index (Phi) is 4.73. The maximum absolute atomic E-state index is 12.7. The predicted molar refractivity (Wildman–Crippen MR) is 103 cm³/mol. The van der Waals surface area contributed by atoms with Gasteiger partial charge in [-0.3, -0.25) is 9.78 Å². The zero-order valence-electron chi connectivity index (χ0n) is 15.2. The van der Waals surface area contributed by atoms with Gasteiger partial charge in [-0.15, -0.1) is 10.2 Å². The number of hydrogen-bond acceptors (Lipinski definition) is 6. The van der Waals surface area contributed by atoms with Crippen molar-refractivity contribution in [2.45, 2.75) is 24.9 Å². The second kappa shape index (κ2) is 7.11. The molecule has 1 aromatic carbocycles. The first-order chi connectivity index (χ1) is 13.8. The lowest BCUT2D eigenvalue weighted by Gasteiger charge is -2.15. The van der Waals surface area contributed by atoms with E-state index in [0.717, 1.165) is 12.1 Å². The third-order valence-corrected chi connectivity index (χ3v) is 6.00. The molecular formula is C19H16F3N5OS. The number of carbonyl (C=O) groups excluding carboxylic acids is 1. The van der Waals surface area contributed by atoms with Crippen molar-refractivity contribution < 1.29 is 18.0 Å². The lowest BCUT2D eigenvalue weighted by molar-refractivity contribution is -0.137. The van der Waals surface area contributed by atoms with Gasteiger partial charge in [0.15, 0.2) is 5.01 Å². The van der Waals surface area contributed by atoms with Gasteiger partial charge in [0.1, 0.15) is 16.1 Å². The van der Waals surface area contributed by atoms with E-state index in [4.69, 9.17) is 0 Å². The second-order valence-corrected chi connectivity index (χ2v) is 7.83. The fraction of sp³-hybridized carbons (Fsp3) is 0.263. The molecule has 10 heteroatoms. The number of nitrogens with zero attached hydrogens (tertiary/aromatic N) is 3. The van der Waals surface area contributed by atoms with Crippen molar-refractivity contribution in [1.29, 1.82) is 0 Å². The lowest BCUT2D eigenvalue weighted by atomic mass is 9.90. The number of halogens is 3. The summed E-state index contributed by atoms with van der Waals surface area (Å²) in [4.78, 5) is 16.5. The number of nitrogens with one attached hydrogen (secondary N) is 2. The summed E-state index contributed by atoms with van der Waals surface area (Å²) >= 11 is 1.28. The molecule has 6 nitrogen and oxygen atoms in total. The summed E-state index contributed by atoms with van der Waals surface area (Å²) in [6, 6.07) is 8.21. The van der Waals surface area contributed by atoms with Crippen molar-refractivity contribution in [3.05, 3.63) is 53.2 Å². The van der Waals surface area contributed by atoms with Crippen molar-refractivity contribution >= 4 is 28.6 Å². The molecule has 29 heavy (non-hydrogen) atoms. The SMILES string of the molecule is CC1(c2nnc(-c3ncccc3Nc3ccc(C(F)(F)F)cc3)s2)CCNC1=O. The molecule has 1 fully saturated rings. The normalized spacial score (nSPS) is 19.2. The van der Waals surface area contributed by atoms with Crippen LogP contribution in [-0.2, 0) is 16.4 Å². The van der Waals surface area contributed by atoms with Crippen molar-refractivity contribution in [3.63, 3.8) is 0 Å². The quantitative estimate of drug-likeness (QED) is 0.665. The van der Waals surface area contributed by atoms with Crippen LogP contribution < -0.4 is 10.6 Å². The van der Waals surface area contributed by atoms with Crippen LogP contribution in [0.15, 0.2) is 42.6 Å². The zero-order chi connectivity index (χ0) is 20.6. The first-order valence-electron chi connectivity index (χ1n) is 8.79. The van der Waals surface area contributed by atoms with Crippen molar-refractivity contribution in [1.82, 2.24) is 20.5 Å². The van der Waals surface area contributed by atoms with Gasteiger partial charge in [0, 0.05) is 18.4 Å². The van der Waals surface area contributed by atoms with Crippen LogP contribution in [0, 0.1) is 0 Å². The maximum Gasteiger partial charge on any atom is 0.416 e. The maximum atomic E-state index is 12.7. The van der Waals surface area contributed by atoms with Crippen LogP contribution in [-0.4, -0.2) is 27.6 Å². The van der Waals surface area contributed by atoms with Crippen LogP contribution in [0.5, 0.6) is 0 Å². The molecule has 1 amide bonds. The van der Waals surface area contributed by atoms with E-state index in [2.05, 4.69) is 25.8 Å². The van der Waals surface area contributed by atoms with E-state index in [1.807, 2.05) is 6.92 Å². The highest BCUT2D eigenvalue weighted by molar-refractivity contribution is 7.15. The number of pyridine rings is 1. The summed E-state index contributed by atoms with van der Waals surface area (Å²) in [7, 11) is 0. The van der Waals surface area contributed by atoms with Crippen molar-refractivity contribution in [2.24, 2.45) is 0 Å². The van der Waals surface area contributed by atoms with Gasteiger partial charge in [-0.25, -0.2) is 0 Å². The third kappa shape index (κ3) is 3.67. The highest BCUT2D eigenvalue weighted by Gasteiger charge is 2.42. The van der Waals surface area contributed by atoms with E-state index in [-0.39, 0.29) is 5.91 Å². The second-order valence-electron chi connectivity index (χ2n) is 6.85. The Hall–Kier alpha value is -3.01. The molecule has 0 radical (unpaired) electrons. The van der Waals surface area contributed by atoms with Crippen LogP contribution >= 0.6 is 11.3 Å². The highest BCUT2D eigenvalue weighted by atomic mass is 32.1. The molecule has 150 valence electrons. The Morgan fingerprint density at radius 2 is 1.93 bits per heavy atom. The molecule has 1 atom stereocenters. The van der Waals surface area contributed by atoms with E-state index in [1.54, 1.807) is 18.3 Å². The molecule has 2 aromatic heterocycles. The molecule has 3 heterocycles. The van der Waals surface area contributed by atoms with E-state index in [0.29, 0.717) is 40.0 Å². The monoisotopic (exact) mass is 419 g/mol. The Bertz CT molecular complexity index is 1050. The first kappa shape index (κ1) is 19.3. The Morgan fingerprint density at radius 3 is 2.59 bits per heavy atom. The van der Waals surface area contributed by atoms with Gasteiger partial charge in [0.25, 0.3) is 0 Å². The number of rotatable bonds is 4. The number of benzene rings is 1. The Labute approximate surface area is 168 Å². The van der Waals surface area contributed by atoms with Crippen LogP contribution in [0.4, 0.5) is 24.5 Å². The van der Waals surface area contributed by atoms with Gasteiger partial charge in [-0.2, -0.15) is 13.2 Å². The van der Waals surface area contributed by atoms with Crippen LogP contribution in [0.3, 0.4) is 0 Å². The van der Waals surface area contributed by atoms with Gasteiger partial charge in [0.05, 0.1) is 11.3 Å². The largest absolute Gasteiger partial charge is 0.416 e. The average Bonchev–Trinajstić information content (AvgIpc) is 3.30. The smallest absolute Gasteiger partial charge is 0.355 e. The molecule has 3 aromatic rings. The molecule has 1 saturated heterocycles. The molecule has 0 saturated carbocycles. The first-order valence-corrected chi connectivity index (χ1v) is 9.61. The molecule has 1 aliphatic rings. The van der Waals surface area contributed by atoms with Gasteiger partial charge in [-0.05, 0) is 49.7 Å². The van der Waals surface area contributed by atoms with Gasteiger partial charge in [-0.1, -0.05) is 11.3 Å². The Morgan fingerprint density at radius 1 is 1.17 bits per heavy atom. The van der Waals surface area contributed by atoms with Crippen molar-refractivity contribution in [3.8, 4) is 10.7 Å².